The van der Waals surface area contributed by atoms with E-state index in [9.17, 15) is 9.59 Å². The number of primary amides is 1. The lowest BCUT2D eigenvalue weighted by molar-refractivity contribution is 0.0793. The Hall–Kier alpha value is -2.67. The van der Waals surface area contributed by atoms with Gasteiger partial charge in [0.25, 0.3) is 0 Å². The van der Waals surface area contributed by atoms with E-state index in [0.717, 1.165) is 5.56 Å². The number of nitrogens with one attached hydrogen (secondary N) is 1. The largest absolute Gasteiger partial charge is 0.480 e. The highest BCUT2D eigenvalue weighted by Gasteiger charge is 2.27. The number of fused-ring (bicyclic) bond motifs is 1. The third-order valence-corrected chi connectivity index (χ3v) is 3.52. The first kappa shape index (κ1) is 14.3. The van der Waals surface area contributed by atoms with E-state index in [2.05, 4.69) is 10.4 Å². The summed E-state index contributed by atoms with van der Waals surface area (Å²) in [5, 5.41) is 7.27. The maximum Gasteiger partial charge on any atom is 0.248 e. The number of carbonyl (C=O) groups is 2. The van der Waals surface area contributed by atoms with Gasteiger partial charge in [-0.3, -0.25) is 14.3 Å². The first-order valence-electron chi connectivity index (χ1n) is 6.88. The van der Waals surface area contributed by atoms with Crippen molar-refractivity contribution >= 4 is 11.7 Å². The minimum atomic E-state index is -0.695. The third-order valence-electron chi connectivity index (χ3n) is 3.52. The van der Waals surface area contributed by atoms with Crippen LogP contribution in [0.15, 0.2) is 30.5 Å². The van der Waals surface area contributed by atoms with Gasteiger partial charge in [-0.15, -0.1) is 0 Å². The van der Waals surface area contributed by atoms with Crippen molar-refractivity contribution in [2.45, 2.75) is 12.6 Å². The summed E-state index contributed by atoms with van der Waals surface area (Å²) >= 11 is 0. The molecular weight excluding hydrogens is 284 g/mol. The average Bonchev–Trinajstić information content (AvgIpc) is 2.81. The van der Waals surface area contributed by atoms with Crippen molar-refractivity contribution in [2.75, 3.05) is 6.54 Å². The summed E-state index contributed by atoms with van der Waals surface area (Å²) in [6, 6.07) is 6.64. The van der Waals surface area contributed by atoms with Crippen LogP contribution in [0.4, 0.5) is 0 Å². The highest BCUT2D eigenvalue weighted by Crippen LogP contribution is 2.24. The number of rotatable bonds is 3. The molecule has 1 amide bonds. The fourth-order valence-electron chi connectivity index (χ4n) is 2.35. The lowest BCUT2D eigenvalue weighted by atomic mass is 10.1. The van der Waals surface area contributed by atoms with Crippen LogP contribution in [0.25, 0.3) is 0 Å². The number of benzene rings is 1. The number of ether oxygens (including phenoxy) is 1. The number of ketones is 1. The summed E-state index contributed by atoms with van der Waals surface area (Å²) < 4.78 is 7.37. The van der Waals surface area contributed by atoms with E-state index < -0.39 is 12.0 Å². The highest BCUT2D eigenvalue weighted by atomic mass is 16.5. The Bertz CT molecular complexity index is 738. The molecule has 7 nitrogen and oxygen atoms in total. The van der Waals surface area contributed by atoms with Crippen LogP contribution in [-0.2, 0) is 13.6 Å². The molecule has 0 radical (unpaired) electrons. The molecule has 1 atom stereocenters. The normalized spacial score (nSPS) is 17.2. The smallest absolute Gasteiger partial charge is 0.248 e. The van der Waals surface area contributed by atoms with Crippen molar-refractivity contribution in [1.29, 1.82) is 0 Å². The molecule has 0 aliphatic carbocycles. The molecule has 2 aromatic rings. The molecule has 0 saturated carbocycles. The molecule has 1 aliphatic heterocycles. The first-order chi connectivity index (χ1) is 10.5. The number of carbonyl (C=O) groups excluding carboxylic acids is 2. The fourth-order valence-corrected chi connectivity index (χ4v) is 2.35. The van der Waals surface area contributed by atoms with Gasteiger partial charge in [0.15, 0.2) is 6.10 Å². The van der Waals surface area contributed by atoms with Gasteiger partial charge >= 0.3 is 0 Å². The van der Waals surface area contributed by atoms with Gasteiger partial charge in [0.1, 0.15) is 11.4 Å². The number of hydrogen-bond acceptors (Lipinski definition) is 5. The van der Waals surface area contributed by atoms with E-state index in [1.807, 2.05) is 0 Å². The van der Waals surface area contributed by atoms with Crippen molar-refractivity contribution < 1.29 is 14.3 Å². The molecule has 0 saturated heterocycles. The molecule has 114 valence electrons. The second kappa shape index (κ2) is 5.61. The van der Waals surface area contributed by atoms with Gasteiger partial charge < -0.3 is 15.8 Å². The Morgan fingerprint density at radius 1 is 1.41 bits per heavy atom. The lowest BCUT2D eigenvalue weighted by Crippen LogP contribution is -2.36. The Labute approximate surface area is 127 Å². The molecule has 7 heteroatoms. The molecule has 2 heterocycles. The molecule has 0 bridgehead atoms. The second-order valence-corrected chi connectivity index (χ2v) is 5.16. The van der Waals surface area contributed by atoms with Gasteiger partial charge in [0.05, 0.1) is 0 Å². The van der Waals surface area contributed by atoms with E-state index in [1.165, 1.54) is 0 Å². The summed E-state index contributed by atoms with van der Waals surface area (Å²) in [5.41, 5.74) is 6.86. The fraction of sp³-hybridized carbons (Fsp3) is 0.267. The number of hydrogen-bond donors (Lipinski definition) is 2. The van der Waals surface area contributed by atoms with Gasteiger partial charge in [0.2, 0.25) is 11.7 Å². The van der Waals surface area contributed by atoms with Crippen LogP contribution in [0.3, 0.4) is 0 Å². The molecule has 0 spiro atoms. The topological polar surface area (TPSA) is 99.2 Å². The zero-order valence-electron chi connectivity index (χ0n) is 12.1. The van der Waals surface area contributed by atoms with Crippen molar-refractivity contribution in [2.24, 2.45) is 12.8 Å². The van der Waals surface area contributed by atoms with Gasteiger partial charge in [-0.2, -0.15) is 5.10 Å². The van der Waals surface area contributed by atoms with Crippen molar-refractivity contribution in [3.05, 3.63) is 47.3 Å². The van der Waals surface area contributed by atoms with Gasteiger partial charge in [-0.25, -0.2) is 0 Å². The molecule has 0 fully saturated rings. The number of nitrogens with two attached hydrogens (primary N) is 1. The SMILES string of the molecule is Cn1ccc(C(=O)C2CNCc3ccc(C(N)=O)cc3O2)n1. The third kappa shape index (κ3) is 2.71. The number of amides is 1. The number of aryl methyl sites for hydroxylation is 1. The lowest BCUT2D eigenvalue weighted by Gasteiger charge is -2.15. The van der Waals surface area contributed by atoms with Crippen molar-refractivity contribution in [1.82, 2.24) is 15.1 Å². The van der Waals surface area contributed by atoms with Crippen LogP contribution in [0, 0.1) is 0 Å². The van der Waals surface area contributed by atoms with Crippen molar-refractivity contribution in [3.8, 4) is 5.75 Å². The van der Waals surface area contributed by atoms with E-state index in [4.69, 9.17) is 10.5 Å². The number of aromatic nitrogens is 2. The van der Waals surface area contributed by atoms with Gasteiger partial charge in [-0.1, -0.05) is 6.07 Å². The van der Waals surface area contributed by atoms with E-state index >= 15 is 0 Å². The number of nitrogens with zero attached hydrogens (tertiary/aromatic N) is 2. The van der Waals surface area contributed by atoms with Crippen LogP contribution in [0.5, 0.6) is 5.75 Å². The molecular formula is C15H16N4O3. The maximum absolute atomic E-state index is 12.5. The van der Waals surface area contributed by atoms with E-state index in [0.29, 0.717) is 30.1 Å². The van der Waals surface area contributed by atoms with Gasteiger partial charge in [-0.05, 0) is 18.2 Å². The zero-order chi connectivity index (χ0) is 15.7. The summed E-state index contributed by atoms with van der Waals surface area (Å²) in [4.78, 5) is 23.7. The predicted molar refractivity (Wildman–Crippen MR) is 78.6 cm³/mol. The highest BCUT2D eigenvalue weighted by molar-refractivity contribution is 5.98. The molecule has 3 rings (SSSR count). The zero-order valence-corrected chi connectivity index (χ0v) is 12.1. The van der Waals surface area contributed by atoms with Crippen LogP contribution in [-0.4, -0.2) is 34.1 Å². The number of Topliss-reactive ketones (excluding diaryl/α,β-unsaturated/α-hetero) is 1. The van der Waals surface area contributed by atoms with Crippen LogP contribution in [0.2, 0.25) is 0 Å². The van der Waals surface area contributed by atoms with Crippen LogP contribution < -0.4 is 15.8 Å². The van der Waals surface area contributed by atoms with Crippen molar-refractivity contribution in [3.63, 3.8) is 0 Å². The molecule has 1 aromatic carbocycles. The quantitative estimate of drug-likeness (QED) is 0.792. The first-order valence-corrected chi connectivity index (χ1v) is 6.88. The minimum Gasteiger partial charge on any atom is -0.480 e. The molecule has 1 aliphatic rings. The molecule has 22 heavy (non-hydrogen) atoms. The summed E-state index contributed by atoms with van der Waals surface area (Å²) in [6.07, 6.45) is 1.01. The second-order valence-electron chi connectivity index (χ2n) is 5.16. The Morgan fingerprint density at radius 3 is 2.91 bits per heavy atom. The Morgan fingerprint density at radius 2 is 2.23 bits per heavy atom. The molecule has 3 N–H and O–H groups in total. The summed E-state index contributed by atoms with van der Waals surface area (Å²) in [6.45, 7) is 0.927. The summed E-state index contributed by atoms with van der Waals surface area (Å²) in [7, 11) is 1.75. The minimum absolute atomic E-state index is 0.203. The Kier molecular flexibility index (Phi) is 3.64. The van der Waals surface area contributed by atoms with E-state index in [1.54, 1.807) is 42.2 Å². The standard InChI is InChI=1S/C15H16N4O3/c1-19-5-4-11(18-19)14(20)13-8-17-7-10-3-2-9(15(16)21)6-12(10)22-13/h2-6,13,17H,7-8H2,1H3,(H2,16,21). The molecule has 1 aromatic heterocycles. The van der Waals surface area contributed by atoms with Crippen LogP contribution >= 0.6 is 0 Å². The Balaban J connectivity index is 1.88. The van der Waals surface area contributed by atoms with E-state index in [-0.39, 0.29) is 5.78 Å². The van der Waals surface area contributed by atoms with Crippen LogP contribution in [0.1, 0.15) is 26.4 Å². The molecule has 1 unspecified atom stereocenters. The van der Waals surface area contributed by atoms with Gasteiger partial charge in [0, 0.05) is 37.5 Å². The summed E-state index contributed by atoms with van der Waals surface area (Å²) in [5.74, 6) is -0.239. The monoisotopic (exact) mass is 300 g/mol. The predicted octanol–water partition coefficient (Wildman–Crippen LogP) is 0.252. The maximum atomic E-state index is 12.5. The average molecular weight is 300 g/mol.